The van der Waals surface area contributed by atoms with Gasteiger partial charge in [0.25, 0.3) is 0 Å². The Bertz CT molecular complexity index is 3610. The van der Waals surface area contributed by atoms with Crippen LogP contribution in [0.3, 0.4) is 0 Å². The van der Waals surface area contributed by atoms with Crippen LogP contribution >= 0.6 is 0 Å². The molecule has 0 fully saturated rings. The molecule has 12 rings (SSSR count). The molecule has 0 unspecified atom stereocenters. The van der Waals surface area contributed by atoms with Gasteiger partial charge in [-0.1, -0.05) is 188 Å². The first-order valence-corrected chi connectivity index (χ1v) is 21.2. The van der Waals surface area contributed by atoms with Gasteiger partial charge in [-0.15, -0.1) is 0 Å². The second-order valence-corrected chi connectivity index (χ2v) is 16.1. The Morgan fingerprint density at radius 1 is 0.258 bits per heavy atom. The van der Waals surface area contributed by atoms with Crippen LogP contribution in [0.5, 0.6) is 0 Å². The maximum Gasteiger partial charge on any atom is 0.135 e. The molecule has 0 spiro atoms. The van der Waals surface area contributed by atoms with Gasteiger partial charge in [0.05, 0.1) is 5.69 Å². The fraction of sp³-hybridized carbons (Fsp3) is 0. The second-order valence-electron chi connectivity index (χ2n) is 16.1. The first kappa shape index (κ1) is 35.7. The van der Waals surface area contributed by atoms with Crippen LogP contribution in [-0.2, 0) is 0 Å². The van der Waals surface area contributed by atoms with Crippen molar-refractivity contribution in [3.8, 4) is 44.5 Å². The summed E-state index contributed by atoms with van der Waals surface area (Å²) in [5.74, 6) is 0. The minimum absolute atomic E-state index is 0.900. The molecule has 290 valence electrons. The number of hydrogen-bond donors (Lipinski definition) is 0. The van der Waals surface area contributed by atoms with E-state index >= 15 is 0 Å². The fourth-order valence-electron chi connectivity index (χ4n) is 9.44. The van der Waals surface area contributed by atoms with Gasteiger partial charge in [0.1, 0.15) is 11.2 Å². The molecule has 62 heavy (non-hydrogen) atoms. The summed E-state index contributed by atoms with van der Waals surface area (Å²) in [6, 6.07) is 85.7. The van der Waals surface area contributed by atoms with Crippen LogP contribution in [-0.4, -0.2) is 0 Å². The summed E-state index contributed by atoms with van der Waals surface area (Å²) in [4.78, 5) is 2.43. The lowest BCUT2D eigenvalue weighted by Gasteiger charge is -2.29. The van der Waals surface area contributed by atoms with E-state index in [0.717, 1.165) is 66.8 Å². The van der Waals surface area contributed by atoms with Crippen LogP contribution in [0.25, 0.3) is 98.8 Å². The zero-order valence-corrected chi connectivity index (χ0v) is 33.9. The van der Waals surface area contributed by atoms with Gasteiger partial charge in [-0.05, 0) is 120 Å². The smallest absolute Gasteiger partial charge is 0.135 e. The van der Waals surface area contributed by atoms with E-state index in [1.54, 1.807) is 0 Å². The Balaban J connectivity index is 1.04. The van der Waals surface area contributed by atoms with Crippen LogP contribution in [0.1, 0.15) is 0 Å². The highest BCUT2D eigenvalue weighted by Crippen LogP contribution is 2.45. The zero-order chi connectivity index (χ0) is 41.0. The molecule has 11 aromatic carbocycles. The normalized spacial score (nSPS) is 11.5. The summed E-state index contributed by atoms with van der Waals surface area (Å²) in [7, 11) is 0. The van der Waals surface area contributed by atoms with Gasteiger partial charge < -0.3 is 9.32 Å². The lowest BCUT2D eigenvalue weighted by Crippen LogP contribution is -2.11. The topological polar surface area (TPSA) is 16.4 Å². The van der Waals surface area contributed by atoms with Gasteiger partial charge in [-0.2, -0.15) is 0 Å². The van der Waals surface area contributed by atoms with Crippen molar-refractivity contribution in [3.63, 3.8) is 0 Å². The van der Waals surface area contributed by atoms with E-state index in [1.807, 2.05) is 12.1 Å². The quantitative estimate of drug-likeness (QED) is 0.150. The maximum absolute atomic E-state index is 6.17. The van der Waals surface area contributed by atoms with E-state index < -0.39 is 0 Å². The molecule has 0 radical (unpaired) electrons. The van der Waals surface area contributed by atoms with Crippen molar-refractivity contribution in [2.75, 3.05) is 4.90 Å². The average molecular weight is 790 g/mol. The molecule has 0 amide bonds. The first-order chi connectivity index (χ1) is 30.7. The Morgan fingerprint density at radius 2 is 0.806 bits per heavy atom. The van der Waals surface area contributed by atoms with Crippen molar-refractivity contribution in [3.05, 3.63) is 237 Å². The Labute approximate surface area is 360 Å². The molecule has 0 aliphatic rings. The first-order valence-electron chi connectivity index (χ1n) is 21.2. The minimum Gasteiger partial charge on any atom is -0.456 e. The van der Waals surface area contributed by atoms with E-state index in [-0.39, 0.29) is 0 Å². The van der Waals surface area contributed by atoms with E-state index in [9.17, 15) is 0 Å². The molecule has 0 saturated carbocycles. The average Bonchev–Trinajstić information content (AvgIpc) is 3.72. The van der Waals surface area contributed by atoms with Gasteiger partial charge in [0, 0.05) is 27.7 Å². The van der Waals surface area contributed by atoms with Crippen molar-refractivity contribution >= 4 is 71.3 Å². The largest absolute Gasteiger partial charge is 0.456 e. The zero-order valence-electron chi connectivity index (χ0n) is 33.9. The molecule has 0 N–H and O–H groups in total. The van der Waals surface area contributed by atoms with Crippen molar-refractivity contribution in [1.29, 1.82) is 0 Å². The van der Waals surface area contributed by atoms with E-state index in [0.29, 0.717) is 0 Å². The van der Waals surface area contributed by atoms with Crippen LogP contribution in [0.2, 0.25) is 0 Å². The Morgan fingerprint density at radius 3 is 1.60 bits per heavy atom. The highest BCUT2D eigenvalue weighted by atomic mass is 16.3. The van der Waals surface area contributed by atoms with E-state index in [4.69, 9.17) is 4.42 Å². The van der Waals surface area contributed by atoms with Gasteiger partial charge in [-0.25, -0.2) is 0 Å². The van der Waals surface area contributed by atoms with E-state index in [1.165, 1.54) is 49.0 Å². The molecule has 12 aromatic rings. The third-order valence-electron chi connectivity index (χ3n) is 12.5. The highest BCUT2D eigenvalue weighted by molar-refractivity contribution is 6.12. The number of anilines is 3. The van der Waals surface area contributed by atoms with Crippen molar-refractivity contribution in [2.45, 2.75) is 0 Å². The SMILES string of the molecule is c1ccc(-c2ccc(-c3cccc4c3ccc3ccccc34)cc2N(c2ccc(-c3ccc4oc5ccccc5c4c3)cc2)c2ccc(-c3cccc4ccccc34)cc2)cc1. The molecule has 2 heteroatoms. The monoisotopic (exact) mass is 789 g/mol. The molecule has 0 saturated heterocycles. The van der Waals surface area contributed by atoms with E-state index in [2.05, 4.69) is 229 Å². The third-order valence-corrected chi connectivity index (χ3v) is 12.5. The number of furan rings is 1. The van der Waals surface area contributed by atoms with Crippen LogP contribution < -0.4 is 4.90 Å². The van der Waals surface area contributed by atoms with Crippen LogP contribution in [0.4, 0.5) is 17.1 Å². The van der Waals surface area contributed by atoms with Crippen molar-refractivity contribution < 1.29 is 4.42 Å². The number of fused-ring (bicyclic) bond motifs is 7. The maximum atomic E-state index is 6.17. The van der Waals surface area contributed by atoms with Crippen molar-refractivity contribution in [2.24, 2.45) is 0 Å². The molecule has 0 bridgehead atoms. The number of hydrogen-bond acceptors (Lipinski definition) is 2. The van der Waals surface area contributed by atoms with Gasteiger partial charge in [0.15, 0.2) is 0 Å². The number of nitrogens with zero attached hydrogens (tertiary/aromatic N) is 1. The lowest BCUT2D eigenvalue weighted by molar-refractivity contribution is 0.669. The summed E-state index contributed by atoms with van der Waals surface area (Å²) in [5, 5.41) is 9.75. The van der Waals surface area contributed by atoms with Crippen LogP contribution in [0.15, 0.2) is 241 Å². The molecule has 1 aromatic heterocycles. The second kappa shape index (κ2) is 14.8. The fourth-order valence-corrected chi connectivity index (χ4v) is 9.44. The molecule has 0 aliphatic carbocycles. The molecule has 2 nitrogen and oxygen atoms in total. The number of benzene rings is 11. The van der Waals surface area contributed by atoms with Gasteiger partial charge in [-0.3, -0.25) is 0 Å². The van der Waals surface area contributed by atoms with Crippen LogP contribution in [0, 0.1) is 0 Å². The molecule has 0 aliphatic heterocycles. The molecular formula is C60H39NO. The number of rotatable bonds is 7. The Hall–Kier alpha value is -8.20. The Kier molecular flexibility index (Phi) is 8.53. The lowest BCUT2D eigenvalue weighted by atomic mass is 9.92. The summed E-state index contributed by atoms with van der Waals surface area (Å²) in [5.41, 5.74) is 14.4. The van der Waals surface area contributed by atoms with Crippen molar-refractivity contribution in [1.82, 2.24) is 0 Å². The third kappa shape index (κ3) is 6.12. The summed E-state index contributed by atoms with van der Waals surface area (Å²) in [6.07, 6.45) is 0. The predicted molar refractivity (Wildman–Crippen MR) is 263 cm³/mol. The summed E-state index contributed by atoms with van der Waals surface area (Å²) < 4.78 is 6.17. The predicted octanol–water partition coefficient (Wildman–Crippen LogP) is 17.2. The molecule has 1 heterocycles. The molecular weight excluding hydrogens is 751 g/mol. The minimum atomic E-state index is 0.900. The summed E-state index contributed by atoms with van der Waals surface area (Å²) >= 11 is 0. The number of para-hydroxylation sites is 1. The summed E-state index contributed by atoms with van der Waals surface area (Å²) in [6.45, 7) is 0. The molecule has 0 atom stereocenters. The standard InChI is InChI=1S/C60H39NO/c1-2-12-42(13-3-1)53-35-29-46(52-21-11-22-54-51-18-7-5-15-43(51)28-36-55(52)54)39-58(53)61(48-33-26-44(27-34-48)50-20-10-16-41-14-4-6-17-49(41)50)47-31-24-40(25-32-47)45-30-37-60-57(38-45)56-19-8-9-23-59(56)62-60/h1-39H. The van der Waals surface area contributed by atoms with Gasteiger partial charge >= 0.3 is 0 Å². The van der Waals surface area contributed by atoms with Gasteiger partial charge in [0.2, 0.25) is 0 Å². The highest BCUT2D eigenvalue weighted by Gasteiger charge is 2.20.